The molecule has 2 N–H and O–H groups in total. The summed E-state index contributed by atoms with van der Waals surface area (Å²) in [5.74, 6) is 2.77. The third-order valence-electron chi connectivity index (χ3n) is 4.57. The first kappa shape index (κ1) is 13.9. The highest BCUT2D eigenvalue weighted by Gasteiger charge is 2.24. The van der Waals surface area contributed by atoms with Crippen molar-refractivity contribution in [2.24, 2.45) is 5.92 Å². The van der Waals surface area contributed by atoms with Gasteiger partial charge in [-0.2, -0.15) is 4.98 Å². The lowest BCUT2D eigenvalue weighted by Gasteiger charge is -2.35. The topological polar surface area (TPSA) is 56.8 Å². The quantitative estimate of drug-likeness (QED) is 0.888. The predicted octanol–water partition coefficient (Wildman–Crippen LogP) is 2.11. The fourth-order valence-corrected chi connectivity index (χ4v) is 3.67. The lowest BCUT2D eigenvalue weighted by Crippen LogP contribution is -2.54. The van der Waals surface area contributed by atoms with Crippen molar-refractivity contribution in [3.05, 3.63) is 5.82 Å². The summed E-state index contributed by atoms with van der Waals surface area (Å²) in [6.07, 6.45) is 7.98. The number of hydrogen-bond donors (Lipinski definition) is 2. The molecule has 112 valence electrons. The molecule has 5 heteroatoms. The van der Waals surface area contributed by atoms with Crippen molar-refractivity contribution in [3.63, 3.8) is 0 Å². The molecular formula is C15H27N5. The first-order valence-electron chi connectivity index (χ1n) is 8.13. The van der Waals surface area contributed by atoms with Gasteiger partial charge in [0, 0.05) is 31.6 Å². The van der Waals surface area contributed by atoms with Gasteiger partial charge in [0.25, 0.3) is 0 Å². The van der Waals surface area contributed by atoms with Crippen molar-refractivity contribution < 1.29 is 0 Å². The summed E-state index contributed by atoms with van der Waals surface area (Å²) in [7, 11) is 0. The van der Waals surface area contributed by atoms with Crippen LogP contribution in [0, 0.1) is 5.92 Å². The average Bonchev–Trinajstić information content (AvgIpc) is 2.87. The van der Waals surface area contributed by atoms with Gasteiger partial charge < -0.3 is 10.2 Å². The minimum atomic E-state index is 0.499. The second-order valence-corrected chi connectivity index (χ2v) is 6.66. The normalized spacial score (nSPS) is 28.8. The molecule has 2 atom stereocenters. The van der Waals surface area contributed by atoms with Crippen LogP contribution in [0.5, 0.6) is 0 Å². The van der Waals surface area contributed by atoms with E-state index in [0.717, 1.165) is 37.2 Å². The molecule has 5 nitrogen and oxygen atoms in total. The van der Waals surface area contributed by atoms with E-state index in [4.69, 9.17) is 4.98 Å². The molecule has 2 unspecified atom stereocenters. The Balaban J connectivity index is 1.61. The van der Waals surface area contributed by atoms with Gasteiger partial charge in [0.05, 0.1) is 0 Å². The summed E-state index contributed by atoms with van der Waals surface area (Å²) >= 11 is 0. The molecule has 3 rings (SSSR count). The minimum absolute atomic E-state index is 0.499. The first-order valence-corrected chi connectivity index (χ1v) is 8.13. The lowest BCUT2D eigenvalue weighted by molar-refractivity contribution is 0.352. The van der Waals surface area contributed by atoms with Crippen LogP contribution >= 0.6 is 0 Å². The maximum atomic E-state index is 4.73. The van der Waals surface area contributed by atoms with Crippen LogP contribution in [0.4, 0.5) is 5.95 Å². The highest BCUT2D eigenvalue weighted by atomic mass is 15.4. The Labute approximate surface area is 121 Å². The van der Waals surface area contributed by atoms with E-state index >= 15 is 0 Å². The van der Waals surface area contributed by atoms with Gasteiger partial charge in [-0.1, -0.05) is 32.1 Å². The molecule has 1 aliphatic carbocycles. The number of nitrogens with zero attached hydrogens (tertiary/aromatic N) is 3. The third-order valence-corrected chi connectivity index (χ3v) is 4.57. The van der Waals surface area contributed by atoms with E-state index < -0.39 is 0 Å². The maximum absolute atomic E-state index is 4.73. The standard InChI is InChI=1S/C15H27N5/c1-11-9-20(10-12(2)16-11)15-17-14(18-19-15)8-13-6-4-3-5-7-13/h11-13,16H,3-10H2,1-2H3,(H,17,18,19). The highest BCUT2D eigenvalue weighted by molar-refractivity contribution is 5.30. The lowest BCUT2D eigenvalue weighted by atomic mass is 9.87. The number of H-pyrrole nitrogens is 1. The first-order chi connectivity index (χ1) is 9.70. The van der Waals surface area contributed by atoms with E-state index in [1.165, 1.54) is 32.1 Å². The molecule has 2 heterocycles. The van der Waals surface area contributed by atoms with Crippen LogP contribution in [0.3, 0.4) is 0 Å². The van der Waals surface area contributed by atoms with Crippen molar-refractivity contribution >= 4 is 5.95 Å². The van der Waals surface area contributed by atoms with Crippen LogP contribution in [0.1, 0.15) is 51.8 Å². The molecule has 0 amide bonds. The van der Waals surface area contributed by atoms with Crippen LogP contribution in [0.15, 0.2) is 0 Å². The zero-order chi connectivity index (χ0) is 13.9. The van der Waals surface area contributed by atoms with Gasteiger partial charge in [0.1, 0.15) is 5.82 Å². The number of rotatable bonds is 3. The molecule has 1 aliphatic heterocycles. The minimum Gasteiger partial charge on any atom is -0.336 e. The predicted molar refractivity (Wildman–Crippen MR) is 80.9 cm³/mol. The summed E-state index contributed by atoms with van der Waals surface area (Å²) in [6, 6.07) is 0.998. The molecule has 1 saturated heterocycles. The second-order valence-electron chi connectivity index (χ2n) is 6.66. The summed E-state index contributed by atoms with van der Waals surface area (Å²) in [4.78, 5) is 7.03. The van der Waals surface area contributed by atoms with E-state index in [1.807, 2.05) is 0 Å². The fourth-order valence-electron chi connectivity index (χ4n) is 3.67. The molecular weight excluding hydrogens is 250 g/mol. The molecule has 0 aromatic carbocycles. The molecule has 0 radical (unpaired) electrons. The van der Waals surface area contributed by atoms with Gasteiger partial charge in [-0.25, -0.2) is 0 Å². The van der Waals surface area contributed by atoms with E-state index in [-0.39, 0.29) is 0 Å². The Morgan fingerprint density at radius 1 is 1.10 bits per heavy atom. The molecule has 0 bridgehead atoms. The van der Waals surface area contributed by atoms with Crippen molar-refractivity contribution in [2.45, 2.75) is 64.5 Å². The molecule has 1 aromatic rings. The van der Waals surface area contributed by atoms with Crippen molar-refractivity contribution in [2.75, 3.05) is 18.0 Å². The van der Waals surface area contributed by atoms with E-state index in [1.54, 1.807) is 0 Å². The molecule has 20 heavy (non-hydrogen) atoms. The Kier molecular flexibility index (Phi) is 4.24. The number of hydrogen-bond acceptors (Lipinski definition) is 4. The number of aromatic nitrogens is 3. The van der Waals surface area contributed by atoms with Crippen molar-refractivity contribution in [1.29, 1.82) is 0 Å². The van der Waals surface area contributed by atoms with Gasteiger partial charge in [-0.15, -0.1) is 5.10 Å². The molecule has 2 aliphatic rings. The monoisotopic (exact) mass is 277 g/mol. The van der Waals surface area contributed by atoms with Crippen LogP contribution in [0.2, 0.25) is 0 Å². The SMILES string of the molecule is CC1CN(c2n[nH]c(CC3CCCCC3)n2)CC(C)N1. The zero-order valence-electron chi connectivity index (χ0n) is 12.7. The summed E-state index contributed by atoms with van der Waals surface area (Å²) in [6.45, 7) is 6.42. The van der Waals surface area contributed by atoms with Gasteiger partial charge in [-0.3, -0.25) is 5.10 Å². The average molecular weight is 277 g/mol. The molecule has 1 aromatic heterocycles. The molecule has 2 fully saturated rings. The van der Waals surface area contributed by atoms with E-state index in [0.29, 0.717) is 12.1 Å². The Morgan fingerprint density at radius 2 is 1.80 bits per heavy atom. The second kappa shape index (κ2) is 6.12. The van der Waals surface area contributed by atoms with Crippen LogP contribution < -0.4 is 10.2 Å². The van der Waals surface area contributed by atoms with Gasteiger partial charge in [-0.05, 0) is 19.8 Å². The molecule has 1 saturated carbocycles. The van der Waals surface area contributed by atoms with E-state index in [9.17, 15) is 0 Å². The van der Waals surface area contributed by atoms with Crippen molar-refractivity contribution in [1.82, 2.24) is 20.5 Å². The summed E-state index contributed by atoms with van der Waals surface area (Å²) < 4.78 is 0. The Morgan fingerprint density at radius 3 is 2.50 bits per heavy atom. The Hall–Kier alpha value is -1.10. The van der Waals surface area contributed by atoms with Crippen LogP contribution in [-0.2, 0) is 6.42 Å². The zero-order valence-corrected chi connectivity index (χ0v) is 12.7. The van der Waals surface area contributed by atoms with Crippen LogP contribution in [0.25, 0.3) is 0 Å². The number of piperazine rings is 1. The fraction of sp³-hybridized carbons (Fsp3) is 0.867. The van der Waals surface area contributed by atoms with Crippen LogP contribution in [-0.4, -0.2) is 40.4 Å². The van der Waals surface area contributed by atoms with Gasteiger partial charge in [0.2, 0.25) is 5.95 Å². The van der Waals surface area contributed by atoms with Gasteiger partial charge in [0.15, 0.2) is 0 Å². The largest absolute Gasteiger partial charge is 0.336 e. The third kappa shape index (κ3) is 3.32. The maximum Gasteiger partial charge on any atom is 0.244 e. The number of aromatic amines is 1. The smallest absolute Gasteiger partial charge is 0.244 e. The number of anilines is 1. The Bertz CT molecular complexity index is 414. The van der Waals surface area contributed by atoms with Gasteiger partial charge >= 0.3 is 0 Å². The van der Waals surface area contributed by atoms with E-state index in [2.05, 4.69) is 34.3 Å². The summed E-state index contributed by atoms with van der Waals surface area (Å²) in [5.41, 5.74) is 0. The number of nitrogens with one attached hydrogen (secondary N) is 2. The summed E-state index contributed by atoms with van der Waals surface area (Å²) in [5, 5.41) is 11.1. The highest BCUT2D eigenvalue weighted by Crippen LogP contribution is 2.26. The van der Waals surface area contributed by atoms with Crippen molar-refractivity contribution in [3.8, 4) is 0 Å². The molecule has 0 spiro atoms.